The Kier molecular flexibility index (Phi) is 3.48. The van der Waals surface area contributed by atoms with Gasteiger partial charge in [0.05, 0.1) is 6.54 Å². The summed E-state index contributed by atoms with van der Waals surface area (Å²) in [5, 5.41) is 6.17. The lowest BCUT2D eigenvalue weighted by Crippen LogP contribution is -2.29. The summed E-state index contributed by atoms with van der Waals surface area (Å²) in [6.45, 7) is 6.63. The van der Waals surface area contributed by atoms with E-state index in [2.05, 4.69) is 24.5 Å². The van der Waals surface area contributed by atoms with E-state index in [0.717, 1.165) is 11.3 Å². The molecule has 1 aromatic carbocycles. The molecule has 0 heterocycles. The molecular formula is C14H20N2O. The number of carbonyl (C=O) groups excluding carboxylic acids is 1. The van der Waals surface area contributed by atoms with Crippen LogP contribution in [0.25, 0.3) is 0 Å². The van der Waals surface area contributed by atoms with Gasteiger partial charge in [-0.3, -0.25) is 4.79 Å². The largest absolute Gasteiger partial charge is 0.325 e. The van der Waals surface area contributed by atoms with Gasteiger partial charge in [-0.1, -0.05) is 6.07 Å². The highest BCUT2D eigenvalue weighted by molar-refractivity contribution is 5.93. The molecule has 0 unspecified atom stereocenters. The maximum absolute atomic E-state index is 11.7. The molecule has 1 amide bonds. The molecule has 3 nitrogen and oxygen atoms in total. The molecule has 0 aromatic heterocycles. The molecule has 3 heteroatoms. The molecule has 0 aliphatic heterocycles. The molecule has 0 atom stereocenters. The number of carbonyl (C=O) groups is 1. The Bertz CT molecular complexity index is 436. The van der Waals surface area contributed by atoms with Crippen LogP contribution in [-0.4, -0.2) is 18.5 Å². The fourth-order valence-corrected chi connectivity index (χ4v) is 1.81. The lowest BCUT2D eigenvalue weighted by Gasteiger charge is -2.12. The van der Waals surface area contributed by atoms with Gasteiger partial charge in [-0.2, -0.15) is 0 Å². The summed E-state index contributed by atoms with van der Waals surface area (Å²) in [6, 6.07) is 4.60. The van der Waals surface area contributed by atoms with Crippen LogP contribution in [0, 0.1) is 20.8 Å². The molecule has 0 radical (unpaired) electrons. The Hall–Kier alpha value is -1.35. The first kappa shape index (κ1) is 12.1. The average Bonchev–Trinajstić information content (AvgIpc) is 3.11. The summed E-state index contributed by atoms with van der Waals surface area (Å²) in [5.41, 5.74) is 4.59. The Morgan fingerprint density at radius 2 is 1.94 bits per heavy atom. The van der Waals surface area contributed by atoms with Crippen LogP contribution in [0.1, 0.15) is 29.5 Å². The third-order valence-electron chi connectivity index (χ3n) is 3.46. The van der Waals surface area contributed by atoms with Gasteiger partial charge in [0.2, 0.25) is 5.91 Å². The van der Waals surface area contributed by atoms with Gasteiger partial charge in [0.1, 0.15) is 0 Å². The average molecular weight is 232 g/mol. The van der Waals surface area contributed by atoms with Crippen LogP contribution >= 0.6 is 0 Å². The van der Waals surface area contributed by atoms with Crippen LogP contribution in [-0.2, 0) is 4.79 Å². The zero-order chi connectivity index (χ0) is 12.4. The standard InChI is InChI=1S/C14H20N2O/c1-9-4-7-13(11(3)10(9)2)16-14(17)8-15-12-5-6-12/h4,7,12,15H,5-6,8H2,1-3H3,(H,16,17). The molecule has 92 valence electrons. The maximum Gasteiger partial charge on any atom is 0.238 e. The minimum absolute atomic E-state index is 0.0447. The zero-order valence-corrected chi connectivity index (χ0v) is 10.8. The smallest absolute Gasteiger partial charge is 0.238 e. The molecular weight excluding hydrogens is 212 g/mol. The van der Waals surface area contributed by atoms with Crippen molar-refractivity contribution in [1.29, 1.82) is 0 Å². The van der Waals surface area contributed by atoms with Crippen molar-refractivity contribution in [2.45, 2.75) is 39.7 Å². The summed E-state index contributed by atoms with van der Waals surface area (Å²) in [4.78, 5) is 11.7. The van der Waals surface area contributed by atoms with Crippen molar-refractivity contribution in [2.75, 3.05) is 11.9 Å². The molecule has 0 spiro atoms. The van der Waals surface area contributed by atoms with Crippen molar-refractivity contribution in [1.82, 2.24) is 5.32 Å². The lowest BCUT2D eigenvalue weighted by molar-refractivity contribution is -0.115. The third-order valence-corrected chi connectivity index (χ3v) is 3.46. The van der Waals surface area contributed by atoms with Crippen molar-refractivity contribution in [3.8, 4) is 0 Å². The Morgan fingerprint density at radius 1 is 1.24 bits per heavy atom. The number of benzene rings is 1. The highest BCUT2D eigenvalue weighted by atomic mass is 16.1. The second-order valence-electron chi connectivity index (χ2n) is 4.88. The predicted octanol–water partition coefficient (Wildman–Crippen LogP) is 2.30. The van der Waals surface area contributed by atoms with Gasteiger partial charge in [0.15, 0.2) is 0 Å². The van der Waals surface area contributed by atoms with Crippen LogP contribution in [0.4, 0.5) is 5.69 Å². The zero-order valence-electron chi connectivity index (χ0n) is 10.8. The number of hydrogen-bond acceptors (Lipinski definition) is 2. The van der Waals surface area contributed by atoms with E-state index in [9.17, 15) is 4.79 Å². The second-order valence-corrected chi connectivity index (χ2v) is 4.88. The van der Waals surface area contributed by atoms with E-state index in [1.165, 1.54) is 24.0 Å². The second kappa shape index (κ2) is 4.88. The summed E-state index contributed by atoms with van der Waals surface area (Å²) in [7, 11) is 0. The third kappa shape index (κ3) is 3.07. The van der Waals surface area contributed by atoms with Crippen molar-refractivity contribution in [3.05, 3.63) is 28.8 Å². The quantitative estimate of drug-likeness (QED) is 0.836. The topological polar surface area (TPSA) is 41.1 Å². The van der Waals surface area contributed by atoms with Gasteiger partial charge in [-0.15, -0.1) is 0 Å². The Labute approximate surface area is 103 Å². The minimum atomic E-state index is 0.0447. The van der Waals surface area contributed by atoms with E-state index in [4.69, 9.17) is 0 Å². The van der Waals surface area contributed by atoms with E-state index in [-0.39, 0.29) is 5.91 Å². The number of anilines is 1. The molecule has 17 heavy (non-hydrogen) atoms. The van der Waals surface area contributed by atoms with E-state index < -0.39 is 0 Å². The van der Waals surface area contributed by atoms with Gasteiger partial charge in [-0.05, 0) is 56.4 Å². The number of aryl methyl sites for hydroxylation is 1. The van der Waals surface area contributed by atoms with Gasteiger partial charge < -0.3 is 10.6 Å². The van der Waals surface area contributed by atoms with Crippen molar-refractivity contribution < 1.29 is 4.79 Å². The molecule has 1 aromatic rings. The van der Waals surface area contributed by atoms with Crippen LogP contribution in [0.3, 0.4) is 0 Å². The van der Waals surface area contributed by atoms with Crippen LogP contribution in [0.2, 0.25) is 0 Å². The molecule has 2 N–H and O–H groups in total. The number of hydrogen-bond donors (Lipinski definition) is 2. The molecule has 1 fully saturated rings. The van der Waals surface area contributed by atoms with Crippen molar-refractivity contribution in [2.24, 2.45) is 0 Å². The fraction of sp³-hybridized carbons (Fsp3) is 0.500. The monoisotopic (exact) mass is 232 g/mol. The molecule has 0 saturated heterocycles. The minimum Gasteiger partial charge on any atom is -0.325 e. The summed E-state index contributed by atoms with van der Waals surface area (Å²) >= 11 is 0. The molecule has 0 bridgehead atoms. The van der Waals surface area contributed by atoms with E-state index in [0.29, 0.717) is 12.6 Å². The van der Waals surface area contributed by atoms with E-state index >= 15 is 0 Å². The molecule has 1 saturated carbocycles. The highest BCUT2D eigenvalue weighted by Gasteiger charge is 2.21. The first-order valence-electron chi connectivity index (χ1n) is 6.18. The molecule has 2 rings (SSSR count). The summed E-state index contributed by atoms with van der Waals surface area (Å²) in [6.07, 6.45) is 2.41. The number of amides is 1. The van der Waals surface area contributed by atoms with Gasteiger partial charge in [0.25, 0.3) is 0 Å². The van der Waals surface area contributed by atoms with Crippen molar-refractivity contribution in [3.63, 3.8) is 0 Å². The lowest BCUT2D eigenvalue weighted by atomic mass is 10.0. The van der Waals surface area contributed by atoms with Crippen LogP contribution in [0.15, 0.2) is 12.1 Å². The van der Waals surface area contributed by atoms with Crippen LogP contribution < -0.4 is 10.6 Å². The fourth-order valence-electron chi connectivity index (χ4n) is 1.81. The van der Waals surface area contributed by atoms with Gasteiger partial charge in [-0.25, -0.2) is 0 Å². The Balaban J connectivity index is 1.97. The molecule has 1 aliphatic carbocycles. The van der Waals surface area contributed by atoms with Crippen LogP contribution in [0.5, 0.6) is 0 Å². The number of rotatable bonds is 4. The SMILES string of the molecule is Cc1ccc(NC(=O)CNC2CC2)c(C)c1C. The predicted molar refractivity (Wildman–Crippen MR) is 70.3 cm³/mol. The molecule has 1 aliphatic rings. The van der Waals surface area contributed by atoms with E-state index in [1.807, 2.05) is 19.1 Å². The van der Waals surface area contributed by atoms with E-state index in [1.54, 1.807) is 0 Å². The first-order valence-corrected chi connectivity index (χ1v) is 6.18. The number of nitrogens with one attached hydrogen (secondary N) is 2. The van der Waals surface area contributed by atoms with Gasteiger partial charge in [0, 0.05) is 11.7 Å². The highest BCUT2D eigenvalue weighted by Crippen LogP contribution is 2.21. The van der Waals surface area contributed by atoms with Crippen molar-refractivity contribution >= 4 is 11.6 Å². The summed E-state index contributed by atoms with van der Waals surface area (Å²) < 4.78 is 0. The normalized spacial score (nSPS) is 14.8. The maximum atomic E-state index is 11.7. The first-order chi connectivity index (χ1) is 8.08. The summed E-state index contributed by atoms with van der Waals surface area (Å²) in [5.74, 6) is 0.0447. The Morgan fingerprint density at radius 3 is 2.59 bits per heavy atom. The van der Waals surface area contributed by atoms with Gasteiger partial charge >= 0.3 is 0 Å².